The van der Waals surface area contributed by atoms with E-state index in [1.165, 1.54) is 6.07 Å². The molecule has 138 valence electrons. The Morgan fingerprint density at radius 2 is 1.78 bits per heavy atom. The standard InChI is InChI=1S/C21H21FN4O/c22-18-9-5-4-8-17(18)21(27)26-12-10-15(11-13-26)14-19-23-20(25-24-19)16-6-2-1-3-7-16/h1-9,15H,10-14H2,(H,23,24,25). The van der Waals surface area contributed by atoms with E-state index < -0.39 is 5.82 Å². The van der Waals surface area contributed by atoms with Gasteiger partial charge in [0, 0.05) is 25.1 Å². The van der Waals surface area contributed by atoms with Crippen molar-refractivity contribution in [3.05, 3.63) is 71.8 Å². The third-order valence-electron chi connectivity index (χ3n) is 5.05. The van der Waals surface area contributed by atoms with Crippen LogP contribution >= 0.6 is 0 Å². The first kappa shape index (κ1) is 17.4. The number of likely N-dealkylation sites (tertiary alicyclic amines) is 1. The smallest absolute Gasteiger partial charge is 0.256 e. The van der Waals surface area contributed by atoms with Gasteiger partial charge in [-0.3, -0.25) is 9.89 Å². The van der Waals surface area contributed by atoms with Gasteiger partial charge in [0.05, 0.1) is 5.56 Å². The van der Waals surface area contributed by atoms with Crippen LogP contribution in [0, 0.1) is 11.7 Å². The molecule has 0 unspecified atom stereocenters. The van der Waals surface area contributed by atoms with E-state index in [1.54, 1.807) is 23.1 Å². The summed E-state index contributed by atoms with van der Waals surface area (Å²) < 4.78 is 13.8. The van der Waals surface area contributed by atoms with Gasteiger partial charge in [-0.15, -0.1) is 0 Å². The average molecular weight is 364 g/mol. The fourth-order valence-electron chi connectivity index (χ4n) is 3.52. The third kappa shape index (κ3) is 3.89. The number of nitrogens with zero attached hydrogens (tertiary/aromatic N) is 3. The first-order valence-corrected chi connectivity index (χ1v) is 9.21. The fourth-order valence-corrected chi connectivity index (χ4v) is 3.52. The van der Waals surface area contributed by atoms with Crippen LogP contribution in [0.4, 0.5) is 4.39 Å². The summed E-state index contributed by atoms with van der Waals surface area (Å²) in [5, 5.41) is 7.33. The van der Waals surface area contributed by atoms with E-state index in [0.29, 0.717) is 24.8 Å². The van der Waals surface area contributed by atoms with Crippen molar-refractivity contribution in [1.82, 2.24) is 20.1 Å². The van der Waals surface area contributed by atoms with Crippen LogP contribution in [0.15, 0.2) is 54.6 Å². The summed E-state index contributed by atoms with van der Waals surface area (Å²) >= 11 is 0. The zero-order valence-corrected chi connectivity index (χ0v) is 14.9. The SMILES string of the molecule is O=C(c1ccccc1F)N1CCC(Cc2nc(-c3ccccc3)n[nH]2)CC1. The monoisotopic (exact) mass is 364 g/mol. The number of amides is 1. The maximum absolute atomic E-state index is 13.8. The molecule has 1 fully saturated rings. The summed E-state index contributed by atoms with van der Waals surface area (Å²) in [6.45, 7) is 1.27. The van der Waals surface area contributed by atoms with Crippen molar-refractivity contribution in [2.75, 3.05) is 13.1 Å². The molecule has 2 heterocycles. The van der Waals surface area contributed by atoms with E-state index in [-0.39, 0.29) is 11.5 Å². The molecule has 0 aliphatic carbocycles. The van der Waals surface area contributed by atoms with Crippen molar-refractivity contribution in [3.8, 4) is 11.4 Å². The number of hydrogen-bond acceptors (Lipinski definition) is 3. The Kier molecular flexibility index (Phi) is 4.96. The highest BCUT2D eigenvalue weighted by atomic mass is 19.1. The molecule has 0 radical (unpaired) electrons. The summed E-state index contributed by atoms with van der Waals surface area (Å²) in [7, 11) is 0. The lowest BCUT2D eigenvalue weighted by atomic mass is 9.93. The van der Waals surface area contributed by atoms with Gasteiger partial charge in [0.25, 0.3) is 5.91 Å². The largest absolute Gasteiger partial charge is 0.339 e. The van der Waals surface area contributed by atoms with Crippen molar-refractivity contribution < 1.29 is 9.18 Å². The second kappa shape index (κ2) is 7.70. The number of halogens is 1. The summed E-state index contributed by atoms with van der Waals surface area (Å²) in [6, 6.07) is 16.0. The maximum Gasteiger partial charge on any atom is 0.256 e. The zero-order valence-electron chi connectivity index (χ0n) is 14.9. The Morgan fingerprint density at radius 1 is 1.07 bits per heavy atom. The van der Waals surface area contributed by atoms with Gasteiger partial charge < -0.3 is 4.90 Å². The van der Waals surface area contributed by atoms with Gasteiger partial charge in [-0.2, -0.15) is 5.10 Å². The number of benzene rings is 2. The minimum absolute atomic E-state index is 0.152. The first-order valence-electron chi connectivity index (χ1n) is 9.21. The van der Waals surface area contributed by atoms with Crippen LogP contribution in [0.3, 0.4) is 0 Å². The van der Waals surface area contributed by atoms with Crippen molar-refractivity contribution >= 4 is 5.91 Å². The van der Waals surface area contributed by atoms with Gasteiger partial charge in [-0.1, -0.05) is 42.5 Å². The van der Waals surface area contributed by atoms with Crippen LogP contribution in [-0.4, -0.2) is 39.1 Å². The summed E-state index contributed by atoms with van der Waals surface area (Å²) in [6.07, 6.45) is 2.56. The maximum atomic E-state index is 13.8. The Bertz CT molecular complexity index is 917. The number of carbonyl (C=O) groups is 1. The minimum atomic E-state index is -0.459. The second-order valence-electron chi connectivity index (χ2n) is 6.89. The predicted octanol–water partition coefficient (Wildman–Crippen LogP) is 3.71. The molecule has 1 N–H and O–H groups in total. The molecule has 1 saturated heterocycles. The molecular formula is C21H21FN4O. The van der Waals surface area contributed by atoms with Gasteiger partial charge in [-0.25, -0.2) is 9.37 Å². The molecule has 6 heteroatoms. The van der Waals surface area contributed by atoms with Crippen molar-refractivity contribution in [2.24, 2.45) is 5.92 Å². The lowest BCUT2D eigenvalue weighted by Gasteiger charge is -2.31. The van der Waals surface area contributed by atoms with Crippen molar-refractivity contribution in [3.63, 3.8) is 0 Å². The number of hydrogen-bond donors (Lipinski definition) is 1. The van der Waals surface area contributed by atoms with E-state index in [0.717, 1.165) is 30.7 Å². The van der Waals surface area contributed by atoms with E-state index in [4.69, 9.17) is 0 Å². The molecule has 0 saturated carbocycles. The topological polar surface area (TPSA) is 61.9 Å². The normalized spacial score (nSPS) is 15.1. The molecule has 0 spiro atoms. The number of piperidine rings is 1. The lowest BCUT2D eigenvalue weighted by Crippen LogP contribution is -2.39. The Labute approximate surface area is 157 Å². The third-order valence-corrected chi connectivity index (χ3v) is 5.05. The van der Waals surface area contributed by atoms with E-state index in [2.05, 4.69) is 15.2 Å². The van der Waals surface area contributed by atoms with E-state index >= 15 is 0 Å². The molecule has 5 nitrogen and oxygen atoms in total. The summed E-state index contributed by atoms with van der Waals surface area (Å²) in [5.41, 5.74) is 1.14. The van der Waals surface area contributed by atoms with Crippen LogP contribution in [0.5, 0.6) is 0 Å². The van der Waals surface area contributed by atoms with Gasteiger partial charge in [0.2, 0.25) is 0 Å². The van der Waals surface area contributed by atoms with Gasteiger partial charge in [0.15, 0.2) is 5.82 Å². The number of rotatable bonds is 4. The molecule has 1 aromatic heterocycles. The predicted molar refractivity (Wildman–Crippen MR) is 101 cm³/mol. The highest BCUT2D eigenvalue weighted by molar-refractivity contribution is 5.94. The Hall–Kier alpha value is -3.02. The number of H-pyrrole nitrogens is 1. The molecule has 1 amide bonds. The van der Waals surface area contributed by atoms with Crippen molar-refractivity contribution in [1.29, 1.82) is 0 Å². The quantitative estimate of drug-likeness (QED) is 0.768. The van der Waals surface area contributed by atoms with Crippen LogP contribution in [-0.2, 0) is 6.42 Å². The zero-order chi connectivity index (χ0) is 18.6. The molecular weight excluding hydrogens is 343 g/mol. The molecule has 1 aliphatic heterocycles. The number of carbonyl (C=O) groups excluding carboxylic acids is 1. The summed E-state index contributed by atoms with van der Waals surface area (Å²) in [4.78, 5) is 18.8. The molecule has 4 rings (SSSR count). The van der Waals surface area contributed by atoms with E-state index in [9.17, 15) is 9.18 Å². The molecule has 0 bridgehead atoms. The van der Waals surface area contributed by atoms with Gasteiger partial charge >= 0.3 is 0 Å². The fraction of sp³-hybridized carbons (Fsp3) is 0.286. The molecule has 3 aromatic rings. The first-order chi connectivity index (χ1) is 13.2. The van der Waals surface area contributed by atoms with Crippen LogP contribution < -0.4 is 0 Å². The van der Waals surface area contributed by atoms with Gasteiger partial charge in [0.1, 0.15) is 11.6 Å². The molecule has 2 aromatic carbocycles. The lowest BCUT2D eigenvalue weighted by molar-refractivity contribution is 0.0685. The number of aromatic amines is 1. The Morgan fingerprint density at radius 3 is 2.52 bits per heavy atom. The highest BCUT2D eigenvalue weighted by Crippen LogP contribution is 2.23. The van der Waals surface area contributed by atoms with E-state index in [1.807, 2.05) is 30.3 Å². The van der Waals surface area contributed by atoms with Crippen LogP contribution in [0.2, 0.25) is 0 Å². The molecule has 1 aliphatic rings. The molecule has 27 heavy (non-hydrogen) atoms. The number of nitrogens with one attached hydrogen (secondary N) is 1. The highest BCUT2D eigenvalue weighted by Gasteiger charge is 2.25. The summed E-state index contributed by atoms with van der Waals surface area (Å²) in [5.74, 6) is 1.33. The average Bonchev–Trinajstić information content (AvgIpc) is 3.18. The minimum Gasteiger partial charge on any atom is -0.339 e. The van der Waals surface area contributed by atoms with Crippen LogP contribution in [0.1, 0.15) is 29.0 Å². The Balaban J connectivity index is 1.34. The second-order valence-corrected chi connectivity index (χ2v) is 6.89. The van der Waals surface area contributed by atoms with Crippen molar-refractivity contribution in [2.45, 2.75) is 19.3 Å². The van der Waals surface area contributed by atoms with Gasteiger partial charge in [-0.05, 0) is 30.9 Å². The number of aromatic nitrogens is 3. The van der Waals surface area contributed by atoms with Crippen LogP contribution in [0.25, 0.3) is 11.4 Å². The molecule has 0 atom stereocenters.